The Labute approximate surface area is 183 Å². The number of rotatable bonds is 5. The van der Waals surface area contributed by atoms with Gasteiger partial charge in [-0.15, -0.1) is 0 Å². The minimum Gasteiger partial charge on any atom is -0.496 e. The van der Waals surface area contributed by atoms with Crippen LogP contribution in [0, 0.1) is 0 Å². The highest BCUT2D eigenvalue weighted by Crippen LogP contribution is 2.30. The van der Waals surface area contributed by atoms with Gasteiger partial charge in [-0.05, 0) is 58.2 Å². The van der Waals surface area contributed by atoms with Crippen LogP contribution in [0.3, 0.4) is 0 Å². The van der Waals surface area contributed by atoms with E-state index >= 15 is 0 Å². The Morgan fingerprint density at radius 2 is 2.00 bits per heavy atom. The molecule has 0 unspecified atom stereocenters. The Morgan fingerprint density at radius 3 is 2.73 bits per heavy atom. The van der Waals surface area contributed by atoms with Crippen LogP contribution in [-0.4, -0.2) is 42.5 Å². The summed E-state index contributed by atoms with van der Waals surface area (Å²) in [6.07, 6.45) is 1.90. The van der Waals surface area contributed by atoms with Gasteiger partial charge >= 0.3 is 5.97 Å². The largest absolute Gasteiger partial charge is 0.496 e. The van der Waals surface area contributed by atoms with Crippen LogP contribution in [0.25, 0.3) is 10.9 Å². The lowest BCUT2D eigenvalue weighted by Gasteiger charge is -2.27. The SMILES string of the molecule is COC(=O)c1ccc2[nH]c3c(c2c1)CN(C(=O)CCc1ccc(OC)c(Br)c1)CC3. The molecule has 156 valence electrons. The van der Waals surface area contributed by atoms with E-state index in [9.17, 15) is 9.59 Å². The number of H-pyrrole nitrogens is 1. The van der Waals surface area contributed by atoms with Gasteiger partial charge in [0.2, 0.25) is 5.91 Å². The third-order valence-corrected chi connectivity index (χ3v) is 6.21. The molecule has 1 amide bonds. The van der Waals surface area contributed by atoms with Gasteiger partial charge in [-0.1, -0.05) is 6.07 Å². The topological polar surface area (TPSA) is 71.6 Å². The van der Waals surface area contributed by atoms with Crippen molar-refractivity contribution in [1.29, 1.82) is 0 Å². The summed E-state index contributed by atoms with van der Waals surface area (Å²) in [4.78, 5) is 30.1. The smallest absolute Gasteiger partial charge is 0.337 e. The van der Waals surface area contributed by atoms with Gasteiger partial charge in [0.1, 0.15) is 5.75 Å². The maximum atomic E-state index is 12.9. The summed E-state index contributed by atoms with van der Waals surface area (Å²) in [7, 11) is 3.01. The number of benzene rings is 2. The molecule has 1 N–H and O–H groups in total. The maximum Gasteiger partial charge on any atom is 0.337 e. The standard InChI is InChI=1S/C23H23BrN2O4/c1-29-21-7-3-14(11-18(21)24)4-8-22(27)26-10-9-20-17(13-26)16-12-15(23(28)30-2)5-6-19(16)25-20/h3,5-7,11-12,25H,4,8-10,13H2,1-2H3. The quantitative estimate of drug-likeness (QED) is 0.565. The molecule has 3 aromatic rings. The van der Waals surface area contributed by atoms with Gasteiger partial charge < -0.3 is 19.4 Å². The van der Waals surface area contributed by atoms with E-state index in [0.717, 1.165) is 44.4 Å². The molecule has 4 rings (SSSR count). The van der Waals surface area contributed by atoms with Crippen LogP contribution in [0.1, 0.15) is 33.6 Å². The molecule has 0 fully saturated rings. The van der Waals surface area contributed by atoms with E-state index in [4.69, 9.17) is 9.47 Å². The number of fused-ring (bicyclic) bond motifs is 3. The summed E-state index contributed by atoms with van der Waals surface area (Å²) in [6, 6.07) is 11.4. The molecule has 0 saturated heterocycles. The van der Waals surface area contributed by atoms with Gasteiger partial charge in [0.15, 0.2) is 0 Å². The summed E-state index contributed by atoms with van der Waals surface area (Å²) >= 11 is 3.49. The van der Waals surface area contributed by atoms with Gasteiger partial charge in [0.05, 0.1) is 24.3 Å². The molecule has 1 aromatic heterocycles. The molecule has 2 aromatic carbocycles. The van der Waals surface area contributed by atoms with Crippen molar-refractivity contribution >= 4 is 38.7 Å². The number of nitrogens with one attached hydrogen (secondary N) is 1. The number of halogens is 1. The first kappa shape index (κ1) is 20.5. The van der Waals surface area contributed by atoms with Crippen LogP contribution in [0.15, 0.2) is 40.9 Å². The first-order valence-corrected chi connectivity index (χ1v) is 10.6. The molecule has 6 nitrogen and oxygen atoms in total. The Bertz CT molecular complexity index is 1120. The van der Waals surface area contributed by atoms with E-state index in [1.54, 1.807) is 13.2 Å². The number of aryl methyl sites for hydroxylation is 1. The molecule has 30 heavy (non-hydrogen) atoms. The van der Waals surface area contributed by atoms with Crippen LogP contribution in [0.4, 0.5) is 0 Å². The zero-order valence-corrected chi connectivity index (χ0v) is 18.5. The summed E-state index contributed by atoms with van der Waals surface area (Å²) in [6.45, 7) is 1.24. The van der Waals surface area contributed by atoms with Crippen molar-refractivity contribution in [3.63, 3.8) is 0 Å². The van der Waals surface area contributed by atoms with Crippen molar-refractivity contribution < 1.29 is 19.1 Å². The minimum absolute atomic E-state index is 0.131. The van der Waals surface area contributed by atoms with Gasteiger partial charge in [-0.2, -0.15) is 0 Å². The van der Waals surface area contributed by atoms with Crippen molar-refractivity contribution in [3.05, 3.63) is 63.3 Å². The third kappa shape index (κ3) is 3.94. The maximum absolute atomic E-state index is 12.9. The monoisotopic (exact) mass is 470 g/mol. The van der Waals surface area contributed by atoms with Crippen LogP contribution in [0.2, 0.25) is 0 Å². The zero-order chi connectivity index (χ0) is 21.3. The summed E-state index contributed by atoms with van der Waals surface area (Å²) in [5, 5.41) is 0.976. The molecule has 0 radical (unpaired) electrons. The predicted molar refractivity (Wildman–Crippen MR) is 118 cm³/mol. The van der Waals surface area contributed by atoms with Crippen molar-refractivity contribution in [2.75, 3.05) is 20.8 Å². The number of carbonyl (C=O) groups excluding carboxylic acids is 2. The Morgan fingerprint density at radius 1 is 1.17 bits per heavy atom. The molecule has 0 bridgehead atoms. The molecule has 7 heteroatoms. The predicted octanol–water partition coefficient (Wildman–Crippen LogP) is 4.24. The van der Waals surface area contributed by atoms with Crippen molar-refractivity contribution in [2.45, 2.75) is 25.8 Å². The van der Waals surface area contributed by atoms with Crippen LogP contribution in [0.5, 0.6) is 5.75 Å². The molecule has 2 heterocycles. The molecular weight excluding hydrogens is 448 g/mol. The van der Waals surface area contributed by atoms with Crippen molar-refractivity contribution in [3.8, 4) is 5.75 Å². The summed E-state index contributed by atoms with van der Waals surface area (Å²) in [5.74, 6) is 0.548. The van der Waals surface area contributed by atoms with Crippen LogP contribution >= 0.6 is 15.9 Å². The number of aromatic amines is 1. The number of methoxy groups -OCH3 is 2. The average Bonchev–Trinajstić information content (AvgIpc) is 3.14. The third-order valence-electron chi connectivity index (χ3n) is 5.59. The van der Waals surface area contributed by atoms with Gasteiger partial charge in [0, 0.05) is 48.1 Å². The van der Waals surface area contributed by atoms with Gasteiger partial charge in [0.25, 0.3) is 0 Å². The second-order valence-corrected chi connectivity index (χ2v) is 8.22. The van der Waals surface area contributed by atoms with E-state index < -0.39 is 0 Å². The summed E-state index contributed by atoms with van der Waals surface area (Å²) < 4.78 is 11.0. The van der Waals surface area contributed by atoms with Gasteiger partial charge in [-0.25, -0.2) is 4.79 Å². The van der Waals surface area contributed by atoms with Crippen LogP contribution < -0.4 is 4.74 Å². The highest BCUT2D eigenvalue weighted by atomic mass is 79.9. The lowest BCUT2D eigenvalue weighted by Crippen LogP contribution is -2.35. The Balaban J connectivity index is 1.48. The Hall–Kier alpha value is -2.80. The van der Waals surface area contributed by atoms with E-state index in [2.05, 4.69) is 20.9 Å². The number of ether oxygens (including phenoxy) is 2. The molecule has 0 aliphatic carbocycles. The molecule has 0 saturated carbocycles. The van der Waals surface area contributed by atoms with E-state index in [1.807, 2.05) is 35.2 Å². The number of hydrogen-bond donors (Lipinski definition) is 1. The number of carbonyl (C=O) groups is 2. The number of hydrogen-bond acceptors (Lipinski definition) is 4. The second kappa shape index (κ2) is 8.52. The van der Waals surface area contributed by atoms with E-state index in [0.29, 0.717) is 31.5 Å². The fourth-order valence-corrected chi connectivity index (χ4v) is 4.53. The van der Waals surface area contributed by atoms with Crippen molar-refractivity contribution in [1.82, 2.24) is 9.88 Å². The van der Waals surface area contributed by atoms with Gasteiger partial charge in [-0.3, -0.25) is 4.79 Å². The normalized spacial score (nSPS) is 13.2. The number of amides is 1. The number of aromatic nitrogens is 1. The molecule has 1 aliphatic rings. The molecule has 1 aliphatic heterocycles. The Kier molecular flexibility index (Phi) is 5.81. The van der Waals surface area contributed by atoms with E-state index in [-0.39, 0.29) is 11.9 Å². The van der Waals surface area contributed by atoms with Crippen molar-refractivity contribution in [2.24, 2.45) is 0 Å². The van der Waals surface area contributed by atoms with E-state index in [1.165, 1.54) is 7.11 Å². The first-order valence-electron chi connectivity index (χ1n) is 9.82. The highest BCUT2D eigenvalue weighted by molar-refractivity contribution is 9.10. The average molecular weight is 471 g/mol. The highest BCUT2D eigenvalue weighted by Gasteiger charge is 2.24. The molecular formula is C23H23BrN2O4. The fourth-order valence-electron chi connectivity index (χ4n) is 3.95. The number of esters is 1. The fraction of sp³-hybridized carbons (Fsp3) is 0.304. The lowest BCUT2D eigenvalue weighted by atomic mass is 10.0. The first-order chi connectivity index (χ1) is 14.5. The second-order valence-electron chi connectivity index (χ2n) is 7.37. The van der Waals surface area contributed by atoms with Crippen LogP contribution in [-0.2, 0) is 28.9 Å². The number of nitrogens with zero attached hydrogens (tertiary/aromatic N) is 1. The summed E-state index contributed by atoms with van der Waals surface area (Å²) in [5.41, 5.74) is 4.80. The minimum atomic E-state index is -0.360. The lowest BCUT2D eigenvalue weighted by molar-refractivity contribution is -0.132. The molecule has 0 atom stereocenters. The zero-order valence-electron chi connectivity index (χ0n) is 17.0. The molecule has 0 spiro atoms.